The third-order valence-corrected chi connectivity index (χ3v) is 5.74. The van der Waals surface area contributed by atoms with Crippen molar-refractivity contribution >= 4 is 23.6 Å². The van der Waals surface area contributed by atoms with Crippen LogP contribution in [-0.4, -0.2) is 24.0 Å². The summed E-state index contributed by atoms with van der Waals surface area (Å²) in [6, 6.07) is 16.8. The van der Waals surface area contributed by atoms with Crippen molar-refractivity contribution < 1.29 is 14.3 Å². The van der Waals surface area contributed by atoms with E-state index in [1.807, 2.05) is 43.3 Å². The van der Waals surface area contributed by atoms with Crippen molar-refractivity contribution in [2.75, 3.05) is 6.61 Å². The van der Waals surface area contributed by atoms with Gasteiger partial charge >= 0.3 is 5.97 Å². The van der Waals surface area contributed by atoms with Crippen molar-refractivity contribution in [1.82, 2.24) is 10.6 Å². The Morgan fingerprint density at radius 1 is 1.24 bits per heavy atom. The Labute approximate surface area is 174 Å². The van der Waals surface area contributed by atoms with Gasteiger partial charge in [-0.1, -0.05) is 42.0 Å². The molecule has 0 bridgehead atoms. The number of carbonyl (C=O) groups is 2. The van der Waals surface area contributed by atoms with Crippen LogP contribution in [0.2, 0.25) is 0 Å². The first-order valence-corrected chi connectivity index (χ1v) is 10.5. The van der Waals surface area contributed by atoms with Crippen LogP contribution in [0.1, 0.15) is 40.0 Å². The number of esters is 1. The Kier molecular flexibility index (Phi) is 6.91. The first kappa shape index (κ1) is 20.9. The molecule has 1 heterocycles. The Bertz CT molecular complexity index is 924. The van der Waals surface area contributed by atoms with Gasteiger partial charge in [0.25, 0.3) is 0 Å². The van der Waals surface area contributed by atoms with E-state index in [1.165, 1.54) is 11.8 Å². The SMILES string of the molecule is CCOC(=O)c1cccc(CSC2NC(=O)C(C#N)C(c3ccc(C)cc3)N2)c1. The van der Waals surface area contributed by atoms with Gasteiger partial charge in [0.2, 0.25) is 5.91 Å². The number of amides is 1. The summed E-state index contributed by atoms with van der Waals surface area (Å²) in [5.74, 6) is -0.834. The van der Waals surface area contributed by atoms with E-state index in [1.54, 1.807) is 19.1 Å². The fraction of sp³-hybridized carbons (Fsp3) is 0.318. The standard InChI is InChI=1S/C22H23N3O3S/c1-3-28-21(27)17-6-4-5-15(11-17)13-29-22-24-19(18(12-23)20(26)25-22)16-9-7-14(2)8-10-16/h4-11,18-19,22,24H,3,13H2,1-2H3,(H,25,26). The van der Waals surface area contributed by atoms with Gasteiger partial charge in [-0.25, -0.2) is 4.79 Å². The van der Waals surface area contributed by atoms with Gasteiger partial charge in [0, 0.05) is 5.75 Å². The van der Waals surface area contributed by atoms with Crippen molar-refractivity contribution in [2.24, 2.45) is 5.92 Å². The largest absolute Gasteiger partial charge is 0.462 e. The maximum atomic E-state index is 12.5. The van der Waals surface area contributed by atoms with E-state index in [4.69, 9.17) is 4.74 Å². The molecule has 1 fully saturated rings. The van der Waals surface area contributed by atoms with Crippen LogP contribution in [0.15, 0.2) is 48.5 Å². The fourth-order valence-corrected chi connectivity index (χ4v) is 4.12. The Morgan fingerprint density at radius 2 is 2.00 bits per heavy atom. The highest BCUT2D eigenvalue weighted by atomic mass is 32.2. The molecule has 3 rings (SSSR count). The Morgan fingerprint density at radius 3 is 2.69 bits per heavy atom. The van der Waals surface area contributed by atoms with Crippen LogP contribution in [0.25, 0.3) is 0 Å². The van der Waals surface area contributed by atoms with Crippen molar-refractivity contribution in [2.45, 2.75) is 31.1 Å². The van der Waals surface area contributed by atoms with Gasteiger partial charge in [-0.15, -0.1) is 11.8 Å². The number of aryl methyl sites for hydroxylation is 1. The summed E-state index contributed by atoms with van der Waals surface area (Å²) in [6.07, 6.45) is 0. The van der Waals surface area contributed by atoms with Gasteiger partial charge in [-0.3, -0.25) is 10.1 Å². The molecule has 3 unspecified atom stereocenters. The van der Waals surface area contributed by atoms with E-state index in [-0.39, 0.29) is 23.4 Å². The predicted octanol–water partition coefficient (Wildman–Crippen LogP) is 3.29. The zero-order valence-electron chi connectivity index (χ0n) is 16.3. The number of hydrogen-bond donors (Lipinski definition) is 2. The summed E-state index contributed by atoms with van der Waals surface area (Å²) in [4.78, 5) is 24.4. The maximum absolute atomic E-state index is 12.5. The van der Waals surface area contributed by atoms with Crippen molar-refractivity contribution in [3.8, 4) is 6.07 Å². The first-order valence-electron chi connectivity index (χ1n) is 9.42. The summed E-state index contributed by atoms with van der Waals surface area (Å²) in [6.45, 7) is 4.10. The molecule has 1 aliphatic heterocycles. The molecule has 0 aromatic heterocycles. The molecule has 0 radical (unpaired) electrons. The summed E-state index contributed by atoms with van der Waals surface area (Å²) >= 11 is 1.50. The van der Waals surface area contributed by atoms with Gasteiger partial charge < -0.3 is 10.1 Å². The molecule has 3 atom stereocenters. The first-order chi connectivity index (χ1) is 14.0. The number of thioether (sulfide) groups is 1. The van der Waals surface area contributed by atoms with Crippen molar-refractivity contribution in [3.63, 3.8) is 0 Å². The molecule has 0 spiro atoms. The number of nitrogens with zero attached hydrogens (tertiary/aromatic N) is 1. The molecule has 150 valence electrons. The molecule has 2 N–H and O–H groups in total. The fourth-order valence-electron chi connectivity index (χ4n) is 3.14. The van der Waals surface area contributed by atoms with Crippen LogP contribution in [0.5, 0.6) is 0 Å². The van der Waals surface area contributed by atoms with Crippen LogP contribution >= 0.6 is 11.8 Å². The predicted molar refractivity (Wildman–Crippen MR) is 112 cm³/mol. The molecule has 6 nitrogen and oxygen atoms in total. The minimum absolute atomic E-state index is 0.283. The molecule has 0 saturated carbocycles. The van der Waals surface area contributed by atoms with Crippen molar-refractivity contribution in [1.29, 1.82) is 5.26 Å². The van der Waals surface area contributed by atoms with Gasteiger partial charge in [-0.05, 0) is 37.1 Å². The third kappa shape index (κ3) is 5.17. The lowest BCUT2D eigenvalue weighted by Crippen LogP contribution is -2.55. The Hall–Kier alpha value is -2.82. The summed E-state index contributed by atoms with van der Waals surface area (Å²) in [5.41, 5.74) is 3.14. The van der Waals surface area contributed by atoms with E-state index in [9.17, 15) is 14.9 Å². The highest BCUT2D eigenvalue weighted by molar-refractivity contribution is 7.99. The summed E-state index contributed by atoms with van der Waals surface area (Å²) < 4.78 is 5.04. The van der Waals surface area contributed by atoms with E-state index in [0.717, 1.165) is 16.7 Å². The average molecular weight is 410 g/mol. The lowest BCUT2D eigenvalue weighted by molar-refractivity contribution is -0.126. The van der Waals surface area contributed by atoms with E-state index in [0.29, 0.717) is 17.9 Å². The van der Waals surface area contributed by atoms with E-state index in [2.05, 4.69) is 16.7 Å². The number of nitrogens with one attached hydrogen (secondary N) is 2. The molecule has 1 saturated heterocycles. The lowest BCUT2D eigenvalue weighted by atomic mass is 9.91. The number of benzene rings is 2. The molecular weight excluding hydrogens is 386 g/mol. The number of rotatable bonds is 6. The highest BCUT2D eigenvalue weighted by Gasteiger charge is 2.37. The highest BCUT2D eigenvalue weighted by Crippen LogP contribution is 2.29. The quantitative estimate of drug-likeness (QED) is 0.712. The van der Waals surface area contributed by atoms with E-state index >= 15 is 0 Å². The number of nitriles is 1. The van der Waals surface area contributed by atoms with E-state index < -0.39 is 5.92 Å². The van der Waals surface area contributed by atoms with Crippen LogP contribution < -0.4 is 10.6 Å². The monoisotopic (exact) mass is 409 g/mol. The molecule has 1 amide bonds. The smallest absolute Gasteiger partial charge is 0.338 e. The van der Waals surface area contributed by atoms with Crippen LogP contribution in [-0.2, 0) is 15.3 Å². The maximum Gasteiger partial charge on any atom is 0.338 e. The molecule has 29 heavy (non-hydrogen) atoms. The number of hydrogen-bond acceptors (Lipinski definition) is 6. The second-order valence-electron chi connectivity index (χ2n) is 6.78. The average Bonchev–Trinajstić information content (AvgIpc) is 2.73. The molecule has 2 aromatic carbocycles. The summed E-state index contributed by atoms with van der Waals surface area (Å²) in [7, 11) is 0. The zero-order valence-corrected chi connectivity index (χ0v) is 17.2. The number of carbonyl (C=O) groups excluding carboxylic acids is 2. The molecule has 1 aliphatic rings. The van der Waals surface area contributed by atoms with Crippen LogP contribution in [0.3, 0.4) is 0 Å². The molecule has 7 heteroatoms. The van der Waals surface area contributed by atoms with Gasteiger partial charge in [0.05, 0.1) is 24.3 Å². The summed E-state index contributed by atoms with van der Waals surface area (Å²) in [5, 5.41) is 15.7. The van der Waals surface area contributed by atoms with Crippen molar-refractivity contribution in [3.05, 3.63) is 70.8 Å². The van der Waals surface area contributed by atoms with Crippen LogP contribution in [0, 0.1) is 24.2 Å². The van der Waals surface area contributed by atoms with Gasteiger partial charge in [-0.2, -0.15) is 5.26 Å². The minimum Gasteiger partial charge on any atom is -0.462 e. The third-order valence-electron chi connectivity index (χ3n) is 4.65. The molecule has 2 aromatic rings. The van der Waals surface area contributed by atoms with Gasteiger partial charge in [0.15, 0.2) is 0 Å². The second kappa shape index (κ2) is 9.59. The van der Waals surface area contributed by atoms with Gasteiger partial charge in [0.1, 0.15) is 11.4 Å². The Balaban J connectivity index is 1.69. The number of ether oxygens (including phenoxy) is 1. The topological polar surface area (TPSA) is 91.2 Å². The second-order valence-corrected chi connectivity index (χ2v) is 7.88. The lowest BCUT2D eigenvalue weighted by Gasteiger charge is -2.34. The minimum atomic E-state index is -0.790. The van der Waals surface area contributed by atoms with Crippen LogP contribution in [0.4, 0.5) is 0 Å². The normalized spacial score (nSPS) is 21.1. The molecule has 0 aliphatic carbocycles. The zero-order chi connectivity index (χ0) is 20.8. The molecular formula is C22H23N3O3S.